The number of rotatable bonds is 7. The van der Waals surface area contributed by atoms with Crippen LogP contribution in [0.1, 0.15) is 13.3 Å². The predicted octanol–water partition coefficient (Wildman–Crippen LogP) is 3.86. The molecule has 114 valence electrons. The summed E-state index contributed by atoms with van der Waals surface area (Å²) in [6.07, 6.45) is 2.93. The Morgan fingerprint density at radius 1 is 1.19 bits per heavy atom. The van der Waals surface area contributed by atoms with E-state index in [1.54, 1.807) is 14.2 Å². The Morgan fingerprint density at radius 2 is 1.90 bits per heavy atom. The standard InChI is InChI=1S/C16H21BrN2O2/c1-4-19(9-5-7-17)16-13-11-15(21-3)14(20-2)10-12(13)6-8-18-16/h6,8,10-11H,4-5,7,9H2,1-3H3. The molecule has 0 spiro atoms. The van der Waals surface area contributed by atoms with Crippen LogP contribution in [0.25, 0.3) is 10.8 Å². The van der Waals surface area contributed by atoms with Gasteiger partial charge in [-0.1, -0.05) is 15.9 Å². The Morgan fingerprint density at radius 3 is 2.52 bits per heavy atom. The Bertz CT molecular complexity index is 604. The lowest BCUT2D eigenvalue weighted by atomic mass is 10.1. The molecule has 21 heavy (non-hydrogen) atoms. The molecule has 0 saturated carbocycles. The summed E-state index contributed by atoms with van der Waals surface area (Å²) in [6.45, 7) is 4.05. The zero-order valence-electron chi connectivity index (χ0n) is 12.7. The van der Waals surface area contributed by atoms with Crippen LogP contribution in [0.15, 0.2) is 24.4 Å². The quantitative estimate of drug-likeness (QED) is 0.708. The zero-order chi connectivity index (χ0) is 15.2. The molecule has 0 N–H and O–H groups in total. The maximum Gasteiger partial charge on any atom is 0.161 e. The number of benzene rings is 1. The molecule has 2 aromatic rings. The smallest absolute Gasteiger partial charge is 0.161 e. The van der Waals surface area contributed by atoms with Crippen LogP contribution in [-0.2, 0) is 0 Å². The summed E-state index contributed by atoms with van der Waals surface area (Å²) in [6, 6.07) is 6.00. The number of halogens is 1. The van der Waals surface area contributed by atoms with Crippen molar-refractivity contribution >= 4 is 32.5 Å². The average molecular weight is 353 g/mol. The van der Waals surface area contributed by atoms with E-state index < -0.39 is 0 Å². The first-order chi connectivity index (χ1) is 10.2. The van der Waals surface area contributed by atoms with Gasteiger partial charge in [0.15, 0.2) is 11.5 Å². The number of ether oxygens (including phenoxy) is 2. The number of anilines is 1. The highest BCUT2D eigenvalue weighted by molar-refractivity contribution is 9.09. The second-order valence-electron chi connectivity index (χ2n) is 4.69. The lowest BCUT2D eigenvalue weighted by molar-refractivity contribution is 0.356. The molecule has 1 aromatic carbocycles. The van der Waals surface area contributed by atoms with Crippen molar-refractivity contribution in [1.82, 2.24) is 4.98 Å². The van der Waals surface area contributed by atoms with Gasteiger partial charge in [-0.2, -0.15) is 0 Å². The van der Waals surface area contributed by atoms with Crippen LogP contribution in [0.5, 0.6) is 11.5 Å². The fourth-order valence-corrected chi connectivity index (χ4v) is 2.65. The minimum absolute atomic E-state index is 0.732. The zero-order valence-corrected chi connectivity index (χ0v) is 14.3. The predicted molar refractivity (Wildman–Crippen MR) is 91.1 cm³/mol. The third-order valence-corrected chi connectivity index (χ3v) is 4.05. The van der Waals surface area contributed by atoms with Crippen molar-refractivity contribution in [3.63, 3.8) is 0 Å². The molecule has 2 rings (SSSR count). The fourth-order valence-electron chi connectivity index (χ4n) is 2.40. The molecule has 0 aliphatic rings. The molecule has 1 aromatic heterocycles. The first-order valence-electron chi connectivity index (χ1n) is 7.06. The summed E-state index contributed by atoms with van der Waals surface area (Å²) in [7, 11) is 3.31. The van der Waals surface area contributed by atoms with E-state index in [1.165, 1.54) is 0 Å². The Labute approximate surface area is 134 Å². The Kier molecular flexibility index (Phi) is 5.67. The number of hydrogen-bond donors (Lipinski definition) is 0. The molecule has 0 atom stereocenters. The van der Waals surface area contributed by atoms with Crippen molar-refractivity contribution in [2.24, 2.45) is 0 Å². The summed E-state index contributed by atoms with van der Waals surface area (Å²) in [5.74, 6) is 2.47. The second kappa shape index (κ2) is 7.50. The van der Waals surface area contributed by atoms with Gasteiger partial charge in [-0.3, -0.25) is 0 Å². The summed E-state index contributed by atoms with van der Waals surface area (Å²) in [4.78, 5) is 6.86. The molecular weight excluding hydrogens is 332 g/mol. The minimum Gasteiger partial charge on any atom is -0.493 e. The number of fused-ring (bicyclic) bond motifs is 1. The number of hydrogen-bond acceptors (Lipinski definition) is 4. The average Bonchev–Trinajstić information content (AvgIpc) is 2.54. The largest absolute Gasteiger partial charge is 0.493 e. The highest BCUT2D eigenvalue weighted by atomic mass is 79.9. The van der Waals surface area contributed by atoms with E-state index in [2.05, 4.69) is 32.7 Å². The molecule has 0 aliphatic heterocycles. The number of alkyl halides is 1. The first kappa shape index (κ1) is 15.9. The van der Waals surface area contributed by atoms with E-state index >= 15 is 0 Å². The SMILES string of the molecule is CCN(CCCBr)c1nccc2cc(OC)c(OC)cc12. The monoisotopic (exact) mass is 352 g/mol. The van der Waals surface area contributed by atoms with Gasteiger partial charge in [0, 0.05) is 30.0 Å². The van der Waals surface area contributed by atoms with Crippen LogP contribution >= 0.6 is 15.9 Å². The van der Waals surface area contributed by atoms with Crippen LogP contribution in [0.3, 0.4) is 0 Å². The van der Waals surface area contributed by atoms with E-state index in [-0.39, 0.29) is 0 Å². The molecule has 0 bridgehead atoms. The van der Waals surface area contributed by atoms with Gasteiger partial charge in [-0.15, -0.1) is 0 Å². The molecule has 0 unspecified atom stereocenters. The Balaban J connectivity index is 2.53. The van der Waals surface area contributed by atoms with Crippen molar-refractivity contribution in [3.8, 4) is 11.5 Å². The van der Waals surface area contributed by atoms with Gasteiger partial charge in [0.05, 0.1) is 14.2 Å². The number of methoxy groups -OCH3 is 2. The number of aromatic nitrogens is 1. The molecule has 0 saturated heterocycles. The van der Waals surface area contributed by atoms with E-state index in [4.69, 9.17) is 9.47 Å². The molecule has 4 nitrogen and oxygen atoms in total. The van der Waals surface area contributed by atoms with Crippen molar-refractivity contribution in [1.29, 1.82) is 0 Å². The molecule has 0 aliphatic carbocycles. The third-order valence-electron chi connectivity index (χ3n) is 3.49. The third kappa shape index (κ3) is 3.40. The molecular formula is C16H21BrN2O2. The van der Waals surface area contributed by atoms with Crippen LogP contribution in [-0.4, -0.2) is 37.6 Å². The molecule has 0 fully saturated rings. The van der Waals surface area contributed by atoms with Crippen LogP contribution < -0.4 is 14.4 Å². The van der Waals surface area contributed by atoms with Crippen molar-refractivity contribution in [2.75, 3.05) is 37.5 Å². The lowest BCUT2D eigenvalue weighted by Gasteiger charge is -2.23. The van der Waals surface area contributed by atoms with E-state index in [0.29, 0.717) is 0 Å². The summed E-state index contributed by atoms with van der Waals surface area (Å²) in [5.41, 5.74) is 0. The van der Waals surface area contributed by atoms with Gasteiger partial charge in [-0.05, 0) is 36.9 Å². The van der Waals surface area contributed by atoms with Crippen molar-refractivity contribution in [3.05, 3.63) is 24.4 Å². The van der Waals surface area contributed by atoms with Crippen LogP contribution in [0.4, 0.5) is 5.82 Å². The van der Waals surface area contributed by atoms with Crippen molar-refractivity contribution < 1.29 is 9.47 Å². The first-order valence-corrected chi connectivity index (χ1v) is 8.19. The van der Waals surface area contributed by atoms with Gasteiger partial charge in [0.2, 0.25) is 0 Å². The molecule has 1 heterocycles. The molecule has 5 heteroatoms. The maximum atomic E-state index is 5.42. The fraction of sp³-hybridized carbons (Fsp3) is 0.438. The van der Waals surface area contributed by atoms with Gasteiger partial charge in [-0.25, -0.2) is 4.98 Å². The normalized spacial score (nSPS) is 10.7. The molecule has 0 radical (unpaired) electrons. The number of pyridine rings is 1. The molecule has 0 amide bonds. The van der Waals surface area contributed by atoms with Gasteiger partial charge >= 0.3 is 0 Å². The highest BCUT2D eigenvalue weighted by Crippen LogP contribution is 2.35. The maximum absolute atomic E-state index is 5.42. The van der Waals surface area contributed by atoms with Crippen molar-refractivity contribution in [2.45, 2.75) is 13.3 Å². The topological polar surface area (TPSA) is 34.6 Å². The highest BCUT2D eigenvalue weighted by Gasteiger charge is 2.13. The van der Waals surface area contributed by atoms with Crippen LogP contribution in [0.2, 0.25) is 0 Å². The minimum atomic E-state index is 0.732. The summed E-state index contributed by atoms with van der Waals surface area (Å²) in [5, 5.41) is 3.19. The number of nitrogens with zero attached hydrogens (tertiary/aromatic N) is 2. The van der Waals surface area contributed by atoms with E-state index in [1.807, 2.05) is 24.4 Å². The second-order valence-corrected chi connectivity index (χ2v) is 5.48. The summed E-state index contributed by atoms with van der Waals surface area (Å²) < 4.78 is 10.8. The van der Waals surface area contributed by atoms with Gasteiger partial charge < -0.3 is 14.4 Å². The van der Waals surface area contributed by atoms with Gasteiger partial charge in [0.1, 0.15) is 5.82 Å². The van der Waals surface area contributed by atoms with E-state index in [9.17, 15) is 0 Å². The van der Waals surface area contributed by atoms with Gasteiger partial charge in [0.25, 0.3) is 0 Å². The Hall–Kier alpha value is -1.49. The summed E-state index contributed by atoms with van der Waals surface area (Å²) >= 11 is 3.49. The van der Waals surface area contributed by atoms with Crippen LogP contribution in [0, 0.1) is 0 Å². The lowest BCUT2D eigenvalue weighted by Crippen LogP contribution is -2.25. The van der Waals surface area contributed by atoms with E-state index in [0.717, 1.165) is 52.9 Å².